The van der Waals surface area contributed by atoms with E-state index >= 15 is 0 Å². The predicted molar refractivity (Wildman–Crippen MR) is 301 cm³/mol. The normalized spacial score (nSPS) is 16.4. The van der Waals surface area contributed by atoms with Crippen LogP contribution in [0.2, 0.25) is 0 Å². The number of carbonyl (C=O) groups is 9. The Bertz CT molecular complexity index is 2110. The standard InChI is InChI=1S/C53H96N9O20P/c1-8-9-10-11-12-13-14-15-16-17-18-19-20-27-41(67)79-39(46-45(69)47(53(76)80-46)82-83(77,61(4)5)62(6)7)33-78-40(66)28-29-42(68)81-60-37(26-22-24-31-55)49(71)58-44(35(3)65)51(73)59-43(34(2)64)50(72)56-36(25-21-23-30-54)48(70)57-38(32-63)52(74)75/h34-39,43-44,46,60,63-65,69H,8-33,54-55H2,1-7H3,(H,56,72)(H,57,70)(H,58,71)(H,59,73)(H,74,75). The van der Waals surface area contributed by atoms with Crippen molar-refractivity contribution in [2.45, 2.75) is 217 Å². The van der Waals surface area contributed by atoms with Crippen LogP contribution < -0.4 is 38.2 Å². The molecule has 9 unspecified atom stereocenters. The van der Waals surface area contributed by atoms with Crippen molar-refractivity contribution in [3.05, 3.63) is 11.5 Å². The third-order valence-corrected chi connectivity index (χ3v) is 15.7. The number of carboxylic acid groups (broad SMARTS) is 1. The number of hydrogen-bond acceptors (Lipinski definition) is 22. The molecule has 1 aliphatic heterocycles. The van der Waals surface area contributed by atoms with E-state index in [1.807, 2.05) is 0 Å². The van der Waals surface area contributed by atoms with Crippen LogP contribution in [0.3, 0.4) is 0 Å². The van der Waals surface area contributed by atoms with E-state index in [1.165, 1.54) is 82.5 Å². The fourth-order valence-electron chi connectivity index (χ4n) is 8.30. The van der Waals surface area contributed by atoms with Crippen molar-refractivity contribution in [1.29, 1.82) is 0 Å². The van der Waals surface area contributed by atoms with Gasteiger partial charge < -0.3 is 81.8 Å². The lowest BCUT2D eigenvalue weighted by Crippen LogP contribution is -2.62. The maximum Gasteiger partial charge on any atom is 0.395 e. The highest BCUT2D eigenvalue weighted by molar-refractivity contribution is 7.54. The van der Waals surface area contributed by atoms with E-state index in [4.69, 9.17) is 35.0 Å². The topological polar surface area (TPSA) is 437 Å². The number of rotatable bonds is 47. The molecule has 0 spiro atoms. The number of hydroxylamine groups is 1. The van der Waals surface area contributed by atoms with Gasteiger partial charge in [0.1, 0.15) is 36.8 Å². The molecule has 0 radical (unpaired) electrons. The summed E-state index contributed by atoms with van der Waals surface area (Å²) in [5.41, 5.74) is 13.5. The number of esters is 3. The first-order valence-corrected chi connectivity index (χ1v) is 30.2. The highest BCUT2D eigenvalue weighted by Gasteiger charge is 2.47. The summed E-state index contributed by atoms with van der Waals surface area (Å²) in [5.74, 6) is -11.6. The second-order valence-corrected chi connectivity index (χ2v) is 23.6. The van der Waals surface area contributed by atoms with Crippen LogP contribution in [-0.2, 0) is 71.3 Å². The van der Waals surface area contributed by atoms with Gasteiger partial charge in [0.2, 0.25) is 29.7 Å². The van der Waals surface area contributed by atoms with Gasteiger partial charge in [-0.15, -0.1) is 5.48 Å². The van der Waals surface area contributed by atoms with Gasteiger partial charge in [-0.25, -0.2) is 23.5 Å². The molecule has 30 heteroatoms. The van der Waals surface area contributed by atoms with Gasteiger partial charge in [-0.1, -0.05) is 84.0 Å². The van der Waals surface area contributed by atoms with E-state index < -0.39 is 153 Å². The van der Waals surface area contributed by atoms with Gasteiger partial charge in [-0.3, -0.25) is 33.6 Å². The zero-order chi connectivity index (χ0) is 62.7. The van der Waals surface area contributed by atoms with E-state index in [1.54, 1.807) is 0 Å². The van der Waals surface area contributed by atoms with Gasteiger partial charge in [-0.2, -0.15) is 0 Å². The fourth-order valence-corrected chi connectivity index (χ4v) is 9.74. The smallest absolute Gasteiger partial charge is 0.395 e. The van der Waals surface area contributed by atoms with Crippen LogP contribution in [0.15, 0.2) is 11.5 Å². The molecule has 0 saturated carbocycles. The van der Waals surface area contributed by atoms with Gasteiger partial charge in [0.05, 0.1) is 31.7 Å². The number of ether oxygens (including phenoxy) is 3. The highest BCUT2D eigenvalue weighted by atomic mass is 31.2. The number of carbonyl (C=O) groups excluding carboxylic acids is 8. The number of hydrogen-bond donors (Lipinski definition) is 12. The number of nitrogens with two attached hydrogens (primary N) is 2. The van der Waals surface area contributed by atoms with Crippen molar-refractivity contribution in [1.82, 2.24) is 36.1 Å². The van der Waals surface area contributed by atoms with Crippen LogP contribution in [0, 0.1) is 0 Å². The molecule has 0 aliphatic carbocycles. The average Bonchev–Trinajstić information content (AvgIpc) is 3.95. The molecule has 9 atom stereocenters. The Morgan fingerprint density at radius 2 is 1.08 bits per heavy atom. The van der Waals surface area contributed by atoms with Gasteiger partial charge in [0, 0.05) is 6.42 Å². The molecule has 0 aromatic carbocycles. The van der Waals surface area contributed by atoms with Crippen molar-refractivity contribution >= 4 is 61.1 Å². The number of nitrogens with one attached hydrogen (secondary N) is 5. The van der Waals surface area contributed by atoms with Crippen LogP contribution in [0.4, 0.5) is 0 Å². The minimum absolute atomic E-state index is 0.0561. The lowest BCUT2D eigenvalue weighted by Gasteiger charge is -2.29. The SMILES string of the molecule is CCCCCCCCCCCCCCCC(=O)OC(COC(=O)CCC(=O)ONC(CCCCN)C(=O)NC(C(=O)NC(C(=O)NC(CCCCN)C(=O)NC(CO)C(=O)O)C(C)O)C(C)O)C1OC(=O)C(OP(=O)(N(C)C)N(C)C)=C1O. The summed E-state index contributed by atoms with van der Waals surface area (Å²) in [4.78, 5) is 123. The monoisotopic (exact) mass is 1210 g/mol. The lowest BCUT2D eigenvalue weighted by molar-refractivity contribution is -0.171. The Labute approximate surface area is 486 Å². The molecule has 478 valence electrons. The molecule has 29 nitrogen and oxygen atoms in total. The van der Waals surface area contributed by atoms with Crippen LogP contribution in [0.25, 0.3) is 0 Å². The van der Waals surface area contributed by atoms with Gasteiger partial charge in [0.25, 0.3) is 5.76 Å². The summed E-state index contributed by atoms with van der Waals surface area (Å²) < 4.78 is 37.7. The average molecular weight is 1210 g/mol. The number of aliphatic carboxylic acids is 1. The Balaban J connectivity index is 3.10. The summed E-state index contributed by atoms with van der Waals surface area (Å²) in [5, 5.41) is 60.1. The van der Waals surface area contributed by atoms with Crippen LogP contribution in [0.1, 0.15) is 162 Å². The molecule has 0 bridgehead atoms. The Hall–Kier alpha value is -5.52. The number of cyclic esters (lactones) is 1. The molecule has 0 fully saturated rings. The van der Waals surface area contributed by atoms with Gasteiger partial charge >= 0.3 is 37.5 Å². The molecule has 4 amide bonds. The number of nitrogens with zero attached hydrogens (tertiary/aromatic N) is 2. The quantitative estimate of drug-likeness (QED) is 0.0133. The molecule has 0 aromatic heterocycles. The summed E-state index contributed by atoms with van der Waals surface area (Å²) >= 11 is 0. The van der Waals surface area contributed by atoms with Crippen molar-refractivity contribution in [3.63, 3.8) is 0 Å². The molecular weight excluding hydrogens is 1110 g/mol. The van der Waals surface area contributed by atoms with E-state index in [-0.39, 0.29) is 45.2 Å². The molecule has 1 rings (SSSR count). The number of carboxylic acids is 1. The summed E-state index contributed by atoms with van der Waals surface area (Å²) in [6.07, 6.45) is 7.19. The Morgan fingerprint density at radius 1 is 0.627 bits per heavy atom. The molecule has 0 saturated heterocycles. The second-order valence-electron chi connectivity index (χ2n) is 20.8. The summed E-state index contributed by atoms with van der Waals surface area (Å²) in [7, 11) is 1.76. The maximum atomic E-state index is 13.7. The zero-order valence-electron chi connectivity index (χ0n) is 49.4. The maximum absolute atomic E-state index is 13.7. The minimum atomic E-state index is -3.92. The van der Waals surface area contributed by atoms with E-state index in [0.717, 1.165) is 46.0 Å². The van der Waals surface area contributed by atoms with Crippen molar-refractivity contribution in [3.8, 4) is 0 Å². The Morgan fingerprint density at radius 3 is 1.57 bits per heavy atom. The summed E-state index contributed by atoms with van der Waals surface area (Å²) in [6.45, 7) is 3.12. The number of amides is 4. The first-order valence-electron chi connectivity index (χ1n) is 28.7. The zero-order valence-corrected chi connectivity index (χ0v) is 50.3. The first kappa shape index (κ1) is 75.5. The molecule has 1 aliphatic rings. The van der Waals surface area contributed by atoms with Gasteiger partial charge in [0.15, 0.2) is 11.9 Å². The number of aliphatic hydroxyl groups is 4. The van der Waals surface area contributed by atoms with Crippen LogP contribution in [0.5, 0.6) is 0 Å². The largest absolute Gasteiger partial charge is 0.505 e. The minimum Gasteiger partial charge on any atom is -0.505 e. The van der Waals surface area contributed by atoms with Crippen molar-refractivity contribution in [2.24, 2.45) is 11.5 Å². The molecule has 0 aromatic rings. The first-order chi connectivity index (χ1) is 39.3. The third kappa shape index (κ3) is 28.7. The number of aliphatic hydroxyl groups excluding tert-OH is 4. The van der Waals surface area contributed by atoms with Crippen molar-refractivity contribution < 1.29 is 96.8 Å². The molecule has 14 N–H and O–H groups in total. The molecule has 1 heterocycles. The predicted octanol–water partition coefficient (Wildman–Crippen LogP) is 1.10. The Kier molecular flexibility index (Phi) is 37.7. The lowest BCUT2D eigenvalue weighted by atomic mass is 10.0. The highest BCUT2D eigenvalue weighted by Crippen LogP contribution is 2.53. The number of unbranched alkanes of at least 4 members (excludes halogenated alkanes) is 14. The van der Waals surface area contributed by atoms with Crippen LogP contribution >= 0.6 is 7.67 Å². The van der Waals surface area contributed by atoms with E-state index in [2.05, 4.69) is 33.7 Å². The fraction of sp³-hybridized carbons (Fsp3) is 0.792. The van der Waals surface area contributed by atoms with E-state index in [9.17, 15) is 73.2 Å². The van der Waals surface area contributed by atoms with Crippen LogP contribution in [-0.4, -0.2) is 197 Å². The van der Waals surface area contributed by atoms with Gasteiger partial charge in [-0.05, 0) is 100 Å². The van der Waals surface area contributed by atoms with Crippen molar-refractivity contribution in [2.75, 3.05) is 54.5 Å². The summed E-state index contributed by atoms with van der Waals surface area (Å²) in [6, 6.07) is -8.15. The molecular formula is C53H96N9O20P. The molecule has 83 heavy (non-hydrogen) atoms. The second kappa shape index (κ2) is 41.5. The van der Waals surface area contributed by atoms with E-state index in [0.29, 0.717) is 19.3 Å². The third-order valence-electron chi connectivity index (χ3n) is 13.3.